The second-order valence-corrected chi connectivity index (χ2v) is 3.84. The normalized spacial score (nSPS) is 15.5. The molecule has 1 aliphatic heterocycles. The molecule has 0 aromatic heterocycles. The van der Waals surface area contributed by atoms with Gasteiger partial charge in [0.05, 0.1) is 5.57 Å². The first kappa shape index (κ1) is 10.1. The van der Waals surface area contributed by atoms with E-state index in [9.17, 15) is 4.79 Å². The van der Waals surface area contributed by atoms with Crippen molar-refractivity contribution < 1.29 is 14.6 Å². The quantitative estimate of drug-likeness (QED) is 0.701. The van der Waals surface area contributed by atoms with Gasteiger partial charge in [-0.15, -0.1) is 0 Å². The second-order valence-electron chi connectivity index (χ2n) is 3.84. The molecule has 0 N–H and O–H groups in total. The largest absolute Gasteiger partial charge is 0.373 e. The first-order valence-corrected chi connectivity index (χ1v) is 5.38. The maximum absolute atomic E-state index is 11.5. The molecular formula is C14H10O3. The SMILES string of the molecule is O=C1OOCC=C1c1ccc2ccccc2c1. The summed E-state index contributed by atoms with van der Waals surface area (Å²) in [6, 6.07) is 13.9. The van der Waals surface area contributed by atoms with E-state index in [1.165, 1.54) is 0 Å². The van der Waals surface area contributed by atoms with Gasteiger partial charge in [0.15, 0.2) is 0 Å². The minimum Gasteiger partial charge on any atom is -0.292 e. The van der Waals surface area contributed by atoms with E-state index < -0.39 is 5.97 Å². The lowest BCUT2D eigenvalue weighted by molar-refractivity contribution is -0.262. The van der Waals surface area contributed by atoms with Crippen LogP contribution in [0.2, 0.25) is 0 Å². The number of carbonyl (C=O) groups is 1. The Morgan fingerprint density at radius 3 is 2.65 bits per heavy atom. The maximum atomic E-state index is 11.5. The molecule has 0 aliphatic carbocycles. The van der Waals surface area contributed by atoms with Gasteiger partial charge in [0, 0.05) is 0 Å². The number of hydrogen-bond donors (Lipinski definition) is 0. The smallest absolute Gasteiger partial charge is 0.292 e. The van der Waals surface area contributed by atoms with Crippen molar-refractivity contribution in [2.75, 3.05) is 6.61 Å². The molecule has 0 bridgehead atoms. The van der Waals surface area contributed by atoms with E-state index in [0.717, 1.165) is 16.3 Å². The van der Waals surface area contributed by atoms with Crippen LogP contribution < -0.4 is 0 Å². The lowest BCUT2D eigenvalue weighted by atomic mass is 10.0. The summed E-state index contributed by atoms with van der Waals surface area (Å²) in [5.41, 5.74) is 1.42. The molecule has 1 heterocycles. The van der Waals surface area contributed by atoms with E-state index in [1.807, 2.05) is 42.5 Å². The minimum atomic E-state index is -0.438. The molecule has 0 spiro atoms. The van der Waals surface area contributed by atoms with E-state index in [2.05, 4.69) is 9.78 Å². The van der Waals surface area contributed by atoms with Crippen LogP contribution in [0.4, 0.5) is 0 Å². The first-order valence-electron chi connectivity index (χ1n) is 5.38. The van der Waals surface area contributed by atoms with Gasteiger partial charge < -0.3 is 0 Å². The highest BCUT2D eigenvalue weighted by Gasteiger charge is 2.18. The molecule has 0 radical (unpaired) electrons. The van der Waals surface area contributed by atoms with Gasteiger partial charge >= 0.3 is 5.97 Å². The third kappa shape index (κ3) is 1.81. The van der Waals surface area contributed by atoms with Crippen molar-refractivity contribution in [3.63, 3.8) is 0 Å². The molecule has 3 nitrogen and oxygen atoms in total. The highest BCUT2D eigenvalue weighted by atomic mass is 17.2. The van der Waals surface area contributed by atoms with Crippen LogP contribution in [0.1, 0.15) is 5.56 Å². The third-order valence-electron chi connectivity index (χ3n) is 2.77. The van der Waals surface area contributed by atoms with Gasteiger partial charge in [0.25, 0.3) is 0 Å². The minimum absolute atomic E-state index is 0.300. The molecule has 0 unspecified atom stereocenters. The Morgan fingerprint density at radius 2 is 1.82 bits per heavy atom. The van der Waals surface area contributed by atoms with Crippen molar-refractivity contribution >= 4 is 22.3 Å². The fourth-order valence-corrected chi connectivity index (χ4v) is 1.93. The van der Waals surface area contributed by atoms with Crippen molar-refractivity contribution in [1.82, 2.24) is 0 Å². The average molecular weight is 226 g/mol. The van der Waals surface area contributed by atoms with Crippen molar-refractivity contribution in [1.29, 1.82) is 0 Å². The van der Waals surface area contributed by atoms with Crippen LogP contribution in [0, 0.1) is 0 Å². The van der Waals surface area contributed by atoms with Gasteiger partial charge in [-0.2, -0.15) is 4.89 Å². The summed E-state index contributed by atoms with van der Waals surface area (Å²) in [4.78, 5) is 20.7. The highest BCUT2D eigenvalue weighted by molar-refractivity contribution is 6.17. The molecule has 0 saturated heterocycles. The van der Waals surface area contributed by atoms with Crippen LogP contribution in [0.5, 0.6) is 0 Å². The third-order valence-corrected chi connectivity index (χ3v) is 2.77. The van der Waals surface area contributed by atoms with Gasteiger partial charge in [0.2, 0.25) is 0 Å². The van der Waals surface area contributed by atoms with Gasteiger partial charge in [-0.05, 0) is 28.5 Å². The standard InChI is InChI=1S/C14H10O3/c15-14-13(7-8-16-17-14)12-6-5-10-3-1-2-4-11(10)9-12/h1-7,9H,8H2. The van der Waals surface area contributed by atoms with Gasteiger partial charge in [-0.1, -0.05) is 36.4 Å². The van der Waals surface area contributed by atoms with Gasteiger partial charge in [-0.3, -0.25) is 4.89 Å². The molecule has 3 heteroatoms. The van der Waals surface area contributed by atoms with E-state index in [-0.39, 0.29) is 0 Å². The number of benzene rings is 2. The Hall–Kier alpha value is -2.13. The van der Waals surface area contributed by atoms with E-state index in [1.54, 1.807) is 6.08 Å². The second kappa shape index (κ2) is 4.03. The molecule has 0 fully saturated rings. The number of rotatable bonds is 1. The van der Waals surface area contributed by atoms with Crippen molar-refractivity contribution in [2.45, 2.75) is 0 Å². The number of carbonyl (C=O) groups excluding carboxylic acids is 1. The Balaban J connectivity index is 2.12. The van der Waals surface area contributed by atoms with Crippen LogP contribution in [-0.2, 0) is 14.6 Å². The number of hydrogen-bond acceptors (Lipinski definition) is 3. The molecule has 2 aromatic carbocycles. The predicted molar refractivity (Wildman–Crippen MR) is 64.0 cm³/mol. The molecule has 17 heavy (non-hydrogen) atoms. The monoisotopic (exact) mass is 226 g/mol. The summed E-state index contributed by atoms with van der Waals surface area (Å²) in [6.45, 7) is 0.300. The zero-order chi connectivity index (χ0) is 11.7. The molecule has 2 aromatic rings. The topological polar surface area (TPSA) is 35.5 Å². The summed E-state index contributed by atoms with van der Waals surface area (Å²) >= 11 is 0. The van der Waals surface area contributed by atoms with Gasteiger partial charge in [-0.25, -0.2) is 4.79 Å². The number of fused-ring (bicyclic) bond motifs is 1. The summed E-state index contributed by atoms with van der Waals surface area (Å²) in [5, 5.41) is 2.25. The lowest BCUT2D eigenvalue weighted by Gasteiger charge is -2.12. The van der Waals surface area contributed by atoms with Crippen LogP contribution in [-0.4, -0.2) is 12.6 Å². The highest BCUT2D eigenvalue weighted by Crippen LogP contribution is 2.23. The van der Waals surface area contributed by atoms with Crippen molar-refractivity contribution in [2.24, 2.45) is 0 Å². The molecule has 0 amide bonds. The summed E-state index contributed by atoms with van der Waals surface area (Å²) in [6.07, 6.45) is 1.73. The van der Waals surface area contributed by atoms with Crippen molar-refractivity contribution in [3.05, 3.63) is 54.1 Å². The Labute approximate surface area is 98.2 Å². The van der Waals surface area contributed by atoms with E-state index in [0.29, 0.717) is 12.2 Å². The molecule has 1 aliphatic rings. The van der Waals surface area contributed by atoms with Crippen LogP contribution >= 0.6 is 0 Å². The zero-order valence-corrected chi connectivity index (χ0v) is 9.05. The Morgan fingerprint density at radius 1 is 1.00 bits per heavy atom. The molecular weight excluding hydrogens is 216 g/mol. The molecule has 0 atom stereocenters. The molecule has 3 rings (SSSR count). The van der Waals surface area contributed by atoms with E-state index >= 15 is 0 Å². The van der Waals surface area contributed by atoms with E-state index in [4.69, 9.17) is 0 Å². The fraction of sp³-hybridized carbons (Fsp3) is 0.0714. The molecule has 84 valence electrons. The fourth-order valence-electron chi connectivity index (χ4n) is 1.93. The van der Waals surface area contributed by atoms with Crippen LogP contribution in [0.15, 0.2) is 48.5 Å². The Bertz CT molecular complexity index is 614. The predicted octanol–water partition coefficient (Wildman–Crippen LogP) is 2.71. The summed E-state index contributed by atoms with van der Waals surface area (Å²) in [7, 11) is 0. The van der Waals surface area contributed by atoms with Crippen molar-refractivity contribution in [3.8, 4) is 0 Å². The lowest BCUT2D eigenvalue weighted by Crippen LogP contribution is -2.13. The van der Waals surface area contributed by atoms with Gasteiger partial charge in [0.1, 0.15) is 6.61 Å². The maximum Gasteiger partial charge on any atom is 0.373 e. The van der Waals surface area contributed by atoms with Crippen LogP contribution in [0.3, 0.4) is 0 Å². The summed E-state index contributed by atoms with van der Waals surface area (Å²) in [5.74, 6) is -0.438. The molecule has 0 saturated carbocycles. The Kier molecular flexibility index (Phi) is 2.38. The first-order chi connectivity index (χ1) is 8.34. The zero-order valence-electron chi connectivity index (χ0n) is 9.05. The summed E-state index contributed by atoms with van der Waals surface area (Å²) < 4.78 is 0. The average Bonchev–Trinajstić information content (AvgIpc) is 2.39. The van der Waals surface area contributed by atoms with Crippen LogP contribution in [0.25, 0.3) is 16.3 Å².